The quantitative estimate of drug-likeness (QED) is 0.213. The first-order valence-corrected chi connectivity index (χ1v) is 18.4. The number of hydrogen-bond donors (Lipinski definition) is 3. The van der Waals surface area contributed by atoms with Gasteiger partial charge in [0.05, 0.1) is 24.9 Å². The number of aliphatic hydroxyl groups excluding tert-OH is 1. The van der Waals surface area contributed by atoms with E-state index < -0.39 is 11.5 Å². The van der Waals surface area contributed by atoms with Crippen molar-refractivity contribution in [1.82, 2.24) is 19.7 Å². The second kappa shape index (κ2) is 22.0. The standard InChI is InChI=1S/C24H30N2O2.C10H14N2O.C8H11NO2.ClH/c1-2-26-19-22(13-14-25-15-17-28-18-16-25)24(23(26)27,20-9-5-3-6-10-20)21-11-7-4-8-12-21;1-3-12(4-2)10(13)9-6-5-7-11-8-9;9-5-8(11)6-2-1-3-7(10)4-6;/h3-12,22H,2,13-19H2,1H3;5-8H,3-4H2,1-2H3;1-4,8,10-11H,5,9H2;1H. The molecule has 0 radical (unpaired) electrons. The normalized spacial score (nSPS) is 17.0. The predicted molar refractivity (Wildman–Crippen MR) is 206 cm³/mol. The third-order valence-corrected chi connectivity index (χ3v) is 9.85. The van der Waals surface area contributed by atoms with Crippen LogP contribution < -0.4 is 18.1 Å². The molecule has 4 N–H and O–H groups in total. The zero-order chi connectivity index (χ0) is 37.3. The van der Waals surface area contributed by atoms with Crippen molar-refractivity contribution in [3.05, 3.63) is 132 Å². The van der Waals surface area contributed by atoms with E-state index in [-0.39, 0.29) is 43.9 Å². The molecule has 2 aliphatic rings. The van der Waals surface area contributed by atoms with E-state index in [0.29, 0.717) is 11.1 Å². The number of carbonyl (C=O) groups is 2. The van der Waals surface area contributed by atoms with Gasteiger partial charge in [0.25, 0.3) is 5.91 Å². The van der Waals surface area contributed by atoms with Gasteiger partial charge < -0.3 is 42.9 Å². The van der Waals surface area contributed by atoms with Crippen LogP contribution in [0.15, 0.2) is 109 Å². The lowest BCUT2D eigenvalue weighted by molar-refractivity contribution is -0.131. The Hall–Kier alpha value is -4.32. The number of hydrogen-bond acceptors (Lipinski definition) is 8. The Kier molecular flexibility index (Phi) is 17.9. The maximum absolute atomic E-state index is 13.8. The number of phenols is 1. The van der Waals surface area contributed by atoms with Crippen LogP contribution in [0, 0.1) is 5.92 Å². The van der Waals surface area contributed by atoms with Crippen molar-refractivity contribution in [2.24, 2.45) is 11.7 Å². The summed E-state index contributed by atoms with van der Waals surface area (Å²) in [5.41, 5.74) is 8.17. The molecule has 2 aliphatic heterocycles. The maximum atomic E-state index is 13.8. The lowest BCUT2D eigenvalue weighted by atomic mass is 9.66. The van der Waals surface area contributed by atoms with Gasteiger partial charge in [-0.3, -0.25) is 19.5 Å². The highest BCUT2D eigenvalue weighted by Gasteiger charge is 2.55. The summed E-state index contributed by atoms with van der Waals surface area (Å²) in [7, 11) is 0. The summed E-state index contributed by atoms with van der Waals surface area (Å²) < 4.78 is 5.50. The smallest absolute Gasteiger partial charge is 1.00 e. The van der Waals surface area contributed by atoms with Crippen molar-refractivity contribution >= 4 is 11.8 Å². The third kappa shape index (κ3) is 11.1. The van der Waals surface area contributed by atoms with Crippen molar-refractivity contribution in [3.63, 3.8) is 0 Å². The number of nitrogens with zero attached hydrogens (tertiary/aromatic N) is 4. The topological polar surface area (TPSA) is 132 Å². The first kappa shape index (κ1) is 43.1. The van der Waals surface area contributed by atoms with Gasteiger partial charge in [-0.1, -0.05) is 72.8 Å². The number of pyridine rings is 1. The lowest BCUT2D eigenvalue weighted by Gasteiger charge is -2.36. The molecule has 10 nitrogen and oxygen atoms in total. The number of halogens is 1. The Morgan fingerprint density at radius 1 is 0.962 bits per heavy atom. The lowest BCUT2D eigenvalue weighted by Crippen LogP contribution is -3.00. The number of rotatable bonds is 11. The molecule has 2 amide bonds. The Bertz CT molecular complexity index is 1610. The number of aromatic nitrogens is 1. The monoisotopic (exact) mass is 745 g/mol. The van der Waals surface area contributed by atoms with Gasteiger partial charge in [-0.2, -0.15) is 0 Å². The number of aromatic hydroxyl groups is 1. The first-order chi connectivity index (χ1) is 25.3. The first-order valence-electron chi connectivity index (χ1n) is 18.4. The summed E-state index contributed by atoms with van der Waals surface area (Å²) in [5, 5.41) is 18.2. The number of morpholine rings is 1. The minimum Gasteiger partial charge on any atom is -1.00 e. The van der Waals surface area contributed by atoms with E-state index in [2.05, 4.69) is 65.3 Å². The molecule has 2 saturated heterocycles. The second-order valence-corrected chi connectivity index (χ2v) is 12.9. The van der Waals surface area contributed by atoms with Crippen LogP contribution in [0.4, 0.5) is 0 Å². The molecular weight excluding hydrogens is 690 g/mol. The largest absolute Gasteiger partial charge is 1.00 e. The molecule has 0 aliphatic carbocycles. The second-order valence-electron chi connectivity index (χ2n) is 12.9. The van der Waals surface area contributed by atoms with E-state index in [9.17, 15) is 14.7 Å². The number of nitrogens with two attached hydrogens (primary N) is 1. The van der Waals surface area contributed by atoms with Gasteiger partial charge in [0.2, 0.25) is 5.91 Å². The van der Waals surface area contributed by atoms with Gasteiger partial charge in [-0.25, -0.2) is 0 Å². The molecule has 0 bridgehead atoms. The van der Waals surface area contributed by atoms with Crippen LogP contribution in [0.5, 0.6) is 5.75 Å². The highest BCUT2D eigenvalue weighted by atomic mass is 35.5. The zero-order valence-electron chi connectivity index (χ0n) is 32.2. The van der Waals surface area contributed by atoms with Gasteiger partial charge in [0.15, 0.2) is 0 Å². The zero-order valence-corrected chi connectivity index (χ0v) is 31.9. The number of benzene rings is 3. The van der Waals surface area contributed by atoms with Crippen molar-refractivity contribution in [2.45, 2.75) is 38.7 Å². The van der Waals surface area contributed by atoms with Crippen molar-refractivity contribution in [2.75, 3.05) is 65.6 Å². The van der Waals surface area contributed by atoms with Crippen molar-refractivity contribution in [3.8, 4) is 5.75 Å². The van der Waals surface area contributed by atoms with Crippen LogP contribution >= 0.6 is 0 Å². The van der Waals surface area contributed by atoms with Gasteiger partial charge in [-0.15, -0.1) is 0 Å². The summed E-state index contributed by atoms with van der Waals surface area (Å²) in [6.07, 6.45) is 3.59. The van der Waals surface area contributed by atoms with E-state index in [4.69, 9.17) is 15.6 Å². The SMILES string of the molecule is CCN(CC)C(=O)c1cccnc1.CCN1CC(CCN2CCOCC2)C(c2ccccc2)(c2ccccc2)C1=O.NCC(O)c1cccc(O)c1.[Cl-].[H+]. The fourth-order valence-corrected chi connectivity index (χ4v) is 6.99. The van der Waals surface area contributed by atoms with Crippen LogP contribution in [0.1, 0.15) is 61.8 Å². The average molecular weight is 746 g/mol. The Labute approximate surface area is 322 Å². The Morgan fingerprint density at radius 2 is 1.58 bits per heavy atom. The minimum absolute atomic E-state index is 0. The molecule has 0 saturated carbocycles. The van der Waals surface area contributed by atoms with E-state index in [1.807, 2.05) is 30.9 Å². The molecule has 53 heavy (non-hydrogen) atoms. The fourth-order valence-electron chi connectivity index (χ4n) is 6.99. The molecule has 286 valence electrons. The van der Waals surface area contributed by atoms with Crippen molar-refractivity contribution in [1.29, 1.82) is 0 Å². The molecule has 2 fully saturated rings. The Balaban J connectivity index is 0.000000324. The predicted octanol–water partition coefficient (Wildman–Crippen LogP) is 2.24. The van der Waals surface area contributed by atoms with Gasteiger partial charge in [-0.05, 0) is 74.7 Å². The fraction of sp³-hybridized carbons (Fsp3) is 0.405. The van der Waals surface area contributed by atoms with Gasteiger partial charge in [0.1, 0.15) is 11.2 Å². The highest BCUT2D eigenvalue weighted by molar-refractivity contribution is 5.95. The van der Waals surface area contributed by atoms with Crippen molar-refractivity contribution < 1.29 is 38.4 Å². The van der Waals surface area contributed by atoms with Crippen LogP contribution in [0.25, 0.3) is 0 Å². The summed E-state index contributed by atoms with van der Waals surface area (Å²) in [4.78, 5) is 35.7. The van der Waals surface area contributed by atoms with E-state index in [1.54, 1.807) is 47.6 Å². The molecular formula is C42H56ClN5O5. The molecule has 11 heteroatoms. The highest BCUT2D eigenvalue weighted by Crippen LogP contribution is 2.47. The number of amides is 2. The van der Waals surface area contributed by atoms with Gasteiger partial charge in [0, 0.05) is 64.1 Å². The van der Waals surface area contributed by atoms with E-state index in [1.165, 1.54) is 6.07 Å². The molecule has 3 heterocycles. The van der Waals surface area contributed by atoms with E-state index >= 15 is 0 Å². The average Bonchev–Trinajstić information content (AvgIpc) is 3.50. The minimum atomic E-state index is -0.679. The summed E-state index contributed by atoms with van der Waals surface area (Å²) in [6, 6.07) is 30.8. The molecule has 1 aromatic heterocycles. The number of phenolic OH excluding ortho intramolecular Hbond substituents is 1. The van der Waals surface area contributed by atoms with E-state index in [0.717, 1.165) is 76.6 Å². The number of aliphatic hydroxyl groups is 1. The molecule has 3 aromatic carbocycles. The third-order valence-electron chi connectivity index (χ3n) is 9.85. The molecule has 0 spiro atoms. The molecule has 2 atom stereocenters. The molecule has 2 unspecified atom stereocenters. The summed E-state index contributed by atoms with van der Waals surface area (Å²) >= 11 is 0. The molecule has 6 rings (SSSR count). The Morgan fingerprint density at radius 3 is 2.09 bits per heavy atom. The summed E-state index contributed by atoms with van der Waals surface area (Å²) in [5.74, 6) is 0.708. The van der Waals surface area contributed by atoms with Crippen LogP contribution in [-0.2, 0) is 14.9 Å². The number of ether oxygens (including phenoxy) is 1. The number of likely N-dealkylation sites (N-methyl/N-ethyl adjacent to an activating group) is 1. The maximum Gasteiger partial charge on any atom is 1.00 e. The van der Waals surface area contributed by atoms with Crippen LogP contribution in [0.2, 0.25) is 0 Å². The van der Waals surface area contributed by atoms with Crippen LogP contribution in [0.3, 0.4) is 0 Å². The van der Waals surface area contributed by atoms with Gasteiger partial charge >= 0.3 is 1.43 Å². The number of carbonyl (C=O) groups excluding carboxylic acids is 2. The summed E-state index contributed by atoms with van der Waals surface area (Å²) in [6.45, 7) is 13.9. The molecule has 4 aromatic rings. The number of likely N-dealkylation sites (tertiary alicyclic amines) is 1. The van der Waals surface area contributed by atoms with Crippen LogP contribution in [-0.4, -0.2) is 107 Å².